The normalized spacial score (nSPS) is 10.9. The number of hydrogen-bond acceptors (Lipinski definition) is 2. The summed E-state index contributed by atoms with van der Waals surface area (Å²) in [5, 5.41) is 12.3. The van der Waals surface area contributed by atoms with Gasteiger partial charge < -0.3 is 15.7 Å². The average molecular weight is 297 g/mol. The molecule has 0 radical (unpaired) electrons. The van der Waals surface area contributed by atoms with Crippen molar-refractivity contribution in [2.45, 2.75) is 6.18 Å². The molecule has 2 amide bonds. The summed E-state index contributed by atoms with van der Waals surface area (Å²) in [6.45, 7) is -1.54. The Morgan fingerprint density at radius 1 is 1.32 bits per heavy atom. The van der Waals surface area contributed by atoms with Crippen LogP contribution in [0.25, 0.3) is 0 Å². The van der Waals surface area contributed by atoms with Crippen molar-refractivity contribution in [2.75, 3.05) is 11.9 Å². The zero-order valence-corrected chi connectivity index (χ0v) is 9.97. The number of aromatic carboxylic acids is 1. The first-order valence-corrected chi connectivity index (χ1v) is 5.22. The molecule has 0 unspecified atom stereocenters. The Morgan fingerprint density at radius 2 is 1.95 bits per heavy atom. The lowest BCUT2D eigenvalue weighted by Gasteiger charge is -2.12. The number of halogens is 4. The van der Waals surface area contributed by atoms with E-state index in [0.717, 1.165) is 6.07 Å². The smallest absolute Gasteiger partial charge is 0.405 e. The van der Waals surface area contributed by atoms with Crippen LogP contribution in [0.3, 0.4) is 0 Å². The number of amides is 2. The predicted octanol–water partition coefficient (Wildman–Crippen LogP) is 2.72. The minimum absolute atomic E-state index is 0.0953. The monoisotopic (exact) mass is 296 g/mol. The summed E-state index contributed by atoms with van der Waals surface area (Å²) in [5.41, 5.74) is -0.592. The van der Waals surface area contributed by atoms with Crippen molar-refractivity contribution < 1.29 is 27.9 Å². The molecule has 19 heavy (non-hydrogen) atoms. The van der Waals surface area contributed by atoms with Gasteiger partial charge in [0.1, 0.15) is 6.54 Å². The van der Waals surface area contributed by atoms with Crippen molar-refractivity contribution in [1.82, 2.24) is 5.32 Å². The van der Waals surface area contributed by atoms with Crippen LogP contribution >= 0.6 is 11.6 Å². The fourth-order valence-corrected chi connectivity index (χ4v) is 1.39. The summed E-state index contributed by atoms with van der Waals surface area (Å²) in [4.78, 5) is 22.1. The Balaban J connectivity index is 2.82. The van der Waals surface area contributed by atoms with Crippen LogP contribution in [0, 0.1) is 0 Å². The minimum Gasteiger partial charge on any atom is -0.478 e. The molecule has 3 N–H and O–H groups in total. The molecule has 0 aromatic heterocycles. The van der Waals surface area contributed by atoms with Crippen molar-refractivity contribution in [3.8, 4) is 0 Å². The SMILES string of the molecule is O=C(NCC(F)(F)F)Nc1c(Cl)cccc1C(=O)O. The van der Waals surface area contributed by atoms with E-state index >= 15 is 0 Å². The predicted molar refractivity (Wildman–Crippen MR) is 61.5 cm³/mol. The third-order valence-electron chi connectivity index (χ3n) is 1.93. The number of carboxylic acid groups (broad SMARTS) is 1. The summed E-state index contributed by atoms with van der Waals surface area (Å²) in [7, 11) is 0. The highest BCUT2D eigenvalue weighted by Crippen LogP contribution is 2.26. The van der Waals surface area contributed by atoms with E-state index in [2.05, 4.69) is 0 Å². The molecule has 0 aliphatic heterocycles. The maximum atomic E-state index is 11.9. The van der Waals surface area contributed by atoms with Crippen LogP contribution < -0.4 is 10.6 Å². The van der Waals surface area contributed by atoms with E-state index in [4.69, 9.17) is 16.7 Å². The molecule has 0 saturated heterocycles. The summed E-state index contributed by atoms with van der Waals surface area (Å²) in [6.07, 6.45) is -4.56. The van der Waals surface area contributed by atoms with Crippen molar-refractivity contribution in [2.24, 2.45) is 0 Å². The van der Waals surface area contributed by atoms with Crippen LogP contribution in [0.15, 0.2) is 18.2 Å². The molecule has 0 aliphatic carbocycles. The maximum Gasteiger partial charge on any atom is 0.405 e. The number of hydrogen-bond donors (Lipinski definition) is 3. The van der Waals surface area contributed by atoms with Crippen molar-refractivity contribution in [3.05, 3.63) is 28.8 Å². The van der Waals surface area contributed by atoms with Crippen LogP contribution in [0.2, 0.25) is 5.02 Å². The van der Waals surface area contributed by atoms with Gasteiger partial charge in [0.2, 0.25) is 0 Å². The van der Waals surface area contributed by atoms with Crippen LogP contribution in [0.1, 0.15) is 10.4 Å². The fraction of sp³-hybridized carbons (Fsp3) is 0.200. The molecule has 0 bridgehead atoms. The van der Waals surface area contributed by atoms with Gasteiger partial charge in [-0.3, -0.25) is 0 Å². The number of urea groups is 1. The number of anilines is 1. The van der Waals surface area contributed by atoms with Gasteiger partial charge in [-0.2, -0.15) is 13.2 Å². The summed E-state index contributed by atoms with van der Waals surface area (Å²) in [5.74, 6) is -1.37. The van der Waals surface area contributed by atoms with Gasteiger partial charge in [-0.15, -0.1) is 0 Å². The van der Waals surface area contributed by atoms with E-state index in [1.165, 1.54) is 17.4 Å². The Hall–Kier alpha value is -1.96. The number of benzene rings is 1. The Labute approximate surface area is 110 Å². The van der Waals surface area contributed by atoms with Crippen LogP contribution in [-0.2, 0) is 0 Å². The van der Waals surface area contributed by atoms with Gasteiger partial charge in [0, 0.05) is 0 Å². The van der Waals surface area contributed by atoms with Gasteiger partial charge >= 0.3 is 18.2 Å². The summed E-state index contributed by atoms with van der Waals surface area (Å²) >= 11 is 5.68. The number of carbonyl (C=O) groups is 2. The first-order valence-electron chi connectivity index (χ1n) is 4.84. The topological polar surface area (TPSA) is 78.4 Å². The molecule has 0 heterocycles. The van der Waals surface area contributed by atoms with Gasteiger partial charge in [-0.05, 0) is 12.1 Å². The van der Waals surface area contributed by atoms with Gasteiger partial charge in [-0.25, -0.2) is 9.59 Å². The second-order valence-electron chi connectivity index (χ2n) is 3.39. The van der Waals surface area contributed by atoms with Crippen LogP contribution in [-0.4, -0.2) is 29.8 Å². The maximum absolute atomic E-state index is 11.9. The molecule has 0 fully saturated rings. The standard InChI is InChI=1S/C10H8ClF3N2O3/c11-6-3-1-2-5(8(17)18)7(6)16-9(19)15-4-10(12,13)14/h1-3H,4H2,(H,17,18)(H2,15,16,19). The molecule has 9 heteroatoms. The second-order valence-corrected chi connectivity index (χ2v) is 3.80. The third-order valence-corrected chi connectivity index (χ3v) is 2.25. The van der Waals surface area contributed by atoms with Crippen molar-refractivity contribution >= 4 is 29.3 Å². The van der Waals surface area contributed by atoms with Gasteiger partial charge in [0.25, 0.3) is 0 Å². The van der Waals surface area contributed by atoms with E-state index in [0.29, 0.717) is 0 Å². The molecule has 0 atom stereocenters. The van der Waals surface area contributed by atoms with Gasteiger partial charge in [-0.1, -0.05) is 17.7 Å². The molecular formula is C10H8ClF3N2O3. The number of carboxylic acids is 1. The van der Waals surface area contributed by atoms with Crippen molar-refractivity contribution in [3.63, 3.8) is 0 Å². The van der Waals surface area contributed by atoms with Crippen LogP contribution in [0.4, 0.5) is 23.7 Å². The lowest BCUT2D eigenvalue weighted by Crippen LogP contribution is -2.37. The second kappa shape index (κ2) is 5.79. The number of carbonyl (C=O) groups excluding carboxylic acids is 1. The highest BCUT2D eigenvalue weighted by Gasteiger charge is 2.28. The van der Waals surface area contributed by atoms with Crippen LogP contribution in [0.5, 0.6) is 0 Å². The minimum atomic E-state index is -4.56. The highest BCUT2D eigenvalue weighted by atomic mass is 35.5. The lowest BCUT2D eigenvalue weighted by atomic mass is 10.2. The molecule has 1 rings (SSSR count). The fourth-order valence-electron chi connectivity index (χ4n) is 1.17. The molecule has 1 aromatic carbocycles. The average Bonchev–Trinajstić information content (AvgIpc) is 2.28. The van der Waals surface area contributed by atoms with E-state index in [9.17, 15) is 22.8 Å². The van der Waals surface area contributed by atoms with E-state index in [-0.39, 0.29) is 16.3 Å². The number of para-hydroxylation sites is 1. The van der Waals surface area contributed by atoms with Crippen molar-refractivity contribution in [1.29, 1.82) is 0 Å². The quantitative estimate of drug-likeness (QED) is 0.802. The van der Waals surface area contributed by atoms with E-state index in [1.54, 1.807) is 0 Å². The first kappa shape index (κ1) is 15.1. The Morgan fingerprint density at radius 3 is 2.47 bits per heavy atom. The zero-order chi connectivity index (χ0) is 14.6. The number of nitrogens with one attached hydrogen (secondary N) is 2. The summed E-state index contributed by atoms with van der Waals surface area (Å²) < 4.78 is 35.6. The zero-order valence-electron chi connectivity index (χ0n) is 9.21. The molecule has 0 spiro atoms. The lowest BCUT2D eigenvalue weighted by molar-refractivity contribution is -0.122. The molecule has 0 saturated carbocycles. The number of rotatable bonds is 3. The van der Waals surface area contributed by atoms with E-state index in [1.807, 2.05) is 5.32 Å². The number of alkyl halides is 3. The highest BCUT2D eigenvalue weighted by molar-refractivity contribution is 6.34. The molecular weight excluding hydrogens is 289 g/mol. The third kappa shape index (κ3) is 4.66. The first-order chi connectivity index (χ1) is 8.70. The summed E-state index contributed by atoms with van der Waals surface area (Å²) in [6, 6.07) is 2.60. The molecule has 5 nitrogen and oxygen atoms in total. The Kier molecular flexibility index (Phi) is 4.60. The van der Waals surface area contributed by atoms with Gasteiger partial charge in [0.05, 0.1) is 16.3 Å². The largest absolute Gasteiger partial charge is 0.478 e. The molecule has 0 aliphatic rings. The van der Waals surface area contributed by atoms with Gasteiger partial charge in [0.15, 0.2) is 0 Å². The molecule has 1 aromatic rings. The Bertz CT molecular complexity index is 505. The van der Waals surface area contributed by atoms with E-state index < -0.39 is 24.7 Å². The molecule has 104 valence electrons.